The smallest absolute Gasteiger partial charge is 0.337 e. The van der Waals surface area contributed by atoms with E-state index in [1.807, 2.05) is 16.8 Å². The lowest BCUT2D eigenvalue weighted by Crippen LogP contribution is -2.05. The number of aromatic nitrogens is 1. The molecule has 0 amide bonds. The fourth-order valence-electron chi connectivity index (χ4n) is 2.73. The average molecular weight is 340 g/mol. The third-order valence-corrected chi connectivity index (χ3v) is 4.02. The third-order valence-electron chi connectivity index (χ3n) is 4.02. The number of non-ortho nitro benzene ring substituents is 1. The number of methoxy groups -OCH3 is 2. The quantitative estimate of drug-likeness (QED) is 0.404. The number of fused-ring (bicyclic) bond motifs is 1. The van der Waals surface area contributed by atoms with Gasteiger partial charge in [-0.25, -0.2) is 4.79 Å². The van der Waals surface area contributed by atoms with Crippen LogP contribution in [0.25, 0.3) is 10.9 Å². The van der Waals surface area contributed by atoms with E-state index in [2.05, 4.69) is 0 Å². The lowest BCUT2D eigenvalue weighted by atomic mass is 10.1. The molecule has 1 aromatic heterocycles. The Morgan fingerprint density at radius 1 is 1.16 bits per heavy atom. The van der Waals surface area contributed by atoms with Gasteiger partial charge in [-0.15, -0.1) is 0 Å². The van der Waals surface area contributed by atoms with Crippen molar-refractivity contribution in [3.63, 3.8) is 0 Å². The predicted molar refractivity (Wildman–Crippen MR) is 92.0 cm³/mol. The molecule has 0 spiro atoms. The predicted octanol–water partition coefficient (Wildman–Crippen LogP) is 3.39. The summed E-state index contributed by atoms with van der Waals surface area (Å²) in [7, 11) is 2.85. The van der Waals surface area contributed by atoms with Crippen LogP contribution < -0.4 is 4.74 Å². The molecule has 25 heavy (non-hydrogen) atoms. The summed E-state index contributed by atoms with van der Waals surface area (Å²) in [5.41, 5.74) is 2.05. The SMILES string of the molecule is COC(=O)c1ccc(Cn2ccc3ccc([N+](=O)[O-])cc32)c(OC)c1. The van der Waals surface area contributed by atoms with Gasteiger partial charge in [0.1, 0.15) is 5.75 Å². The Hall–Kier alpha value is -3.35. The minimum atomic E-state index is -0.438. The molecule has 0 saturated heterocycles. The molecule has 0 fully saturated rings. The maximum atomic E-state index is 11.6. The van der Waals surface area contributed by atoms with E-state index in [9.17, 15) is 14.9 Å². The van der Waals surface area contributed by atoms with Gasteiger partial charge < -0.3 is 14.0 Å². The number of esters is 1. The van der Waals surface area contributed by atoms with Gasteiger partial charge in [0.25, 0.3) is 5.69 Å². The van der Waals surface area contributed by atoms with Crippen LogP contribution in [-0.4, -0.2) is 29.7 Å². The van der Waals surface area contributed by atoms with Crippen LogP contribution in [0, 0.1) is 10.1 Å². The molecule has 3 aromatic rings. The summed E-state index contributed by atoms with van der Waals surface area (Å²) in [5, 5.41) is 11.9. The van der Waals surface area contributed by atoms with Crippen LogP contribution in [0.1, 0.15) is 15.9 Å². The molecule has 0 radical (unpaired) electrons. The second kappa shape index (κ2) is 6.64. The zero-order valence-electron chi connectivity index (χ0n) is 13.8. The molecular formula is C18H16N2O5. The van der Waals surface area contributed by atoms with Gasteiger partial charge in [-0.1, -0.05) is 6.07 Å². The second-order valence-electron chi connectivity index (χ2n) is 5.46. The van der Waals surface area contributed by atoms with Crippen molar-refractivity contribution in [2.75, 3.05) is 14.2 Å². The summed E-state index contributed by atoms with van der Waals surface area (Å²) >= 11 is 0. The van der Waals surface area contributed by atoms with E-state index >= 15 is 0 Å². The van der Waals surface area contributed by atoms with Crippen molar-refractivity contribution in [1.29, 1.82) is 0 Å². The summed E-state index contributed by atoms with van der Waals surface area (Å²) in [4.78, 5) is 22.2. The van der Waals surface area contributed by atoms with Crippen LogP contribution in [-0.2, 0) is 11.3 Å². The Balaban J connectivity index is 1.99. The molecule has 7 heteroatoms. The standard InChI is InChI=1S/C18H16N2O5/c1-24-17-9-13(18(21)25-2)3-4-14(17)11-19-8-7-12-5-6-15(20(22)23)10-16(12)19/h3-10H,11H2,1-2H3. The normalized spacial score (nSPS) is 10.6. The summed E-state index contributed by atoms with van der Waals surface area (Å²) < 4.78 is 12.0. The van der Waals surface area contributed by atoms with E-state index in [0.717, 1.165) is 16.5 Å². The topological polar surface area (TPSA) is 83.6 Å². The molecule has 2 aromatic carbocycles. The van der Waals surface area contributed by atoms with Gasteiger partial charge in [-0.05, 0) is 24.3 Å². The zero-order chi connectivity index (χ0) is 18.0. The number of nitrogens with zero attached hydrogens (tertiary/aromatic N) is 2. The van der Waals surface area contributed by atoms with Crippen molar-refractivity contribution in [2.24, 2.45) is 0 Å². The molecule has 1 heterocycles. The van der Waals surface area contributed by atoms with Crippen LogP contribution in [0.15, 0.2) is 48.7 Å². The Kier molecular flexibility index (Phi) is 4.38. The van der Waals surface area contributed by atoms with Gasteiger partial charge in [-0.2, -0.15) is 0 Å². The summed E-state index contributed by atoms with van der Waals surface area (Å²) in [6, 6.07) is 11.7. The van der Waals surface area contributed by atoms with Gasteiger partial charge in [0.15, 0.2) is 0 Å². The number of nitro groups is 1. The van der Waals surface area contributed by atoms with Gasteiger partial charge in [-0.3, -0.25) is 10.1 Å². The van der Waals surface area contributed by atoms with Crippen LogP contribution in [0.3, 0.4) is 0 Å². The van der Waals surface area contributed by atoms with E-state index < -0.39 is 10.9 Å². The first-order chi connectivity index (χ1) is 12.0. The van der Waals surface area contributed by atoms with E-state index in [1.54, 1.807) is 30.3 Å². The Morgan fingerprint density at radius 3 is 2.64 bits per heavy atom. The second-order valence-corrected chi connectivity index (χ2v) is 5.46. The molecule has 0 aliphatic carbocycles. The molecule has 0 saturated carbocycles. The Morgan fingerprint density at radius 2 is 1.96 bits per heavy atom. The van der Waals surface area contributed by atoms with Gasteiger partial charge >= 0.3 is 5.97 Å². The molecule has 7 nitrogen and oxygen atoms in total. The monoisotopic (exact) mass is 340 g/mol. The van der Waals surface area contributed by atoms with Crippen LogP contribution in [0.2, 0.25) is 0 Å². The first kappa shape index (κ1) is 16.5. The fourth-order valence-corrected chi connectivity index (χ4v) is 2.73. The Bertz CT molecular complexity index is 961. The van der Waals surface area contributed by atoms with Crippen LogP contribution in [0.5, 0.6) is 5.75 Å². The molecule has 0 unspecified atom stereocenters. The Labute approximate surface area is 143 Å². The van der Waals surface area contributed by atoms with Crippen LogP contribution in [0.4, 0.5) is 5.69 Å². The zero-order valence-corrected chi connectivity index (χ0v) is 13.8. The molecule has 0 atom stereocenters. The largest absolute Gasteiger partial charge is 0.496 e. The molecule has 0 N–H and O–H groups in total. The number of nitro benzene ring substituents is 1. The number of ether oxygens (including phenoxy) is 2. The van der Waals surface area contributed by atoms with Gasteiger partial charge in [0.05, 0.1) is 36.8 Å². The lowest BCUT2D eigenvalue weighted by molar-refractivity contribution is -0.384. The van der Waals surface area contributed by atoms with Crippen molar-refractivity contribution in [1.82, 2.24) is 4.57 Å². The third kappa shape index (κ3) is 3.16. The van der Waals surface area contributed by atoms with Crippen molar-refractivity contribution in [2.45, 2.75) is 6.54 Å². The number of carbonyl (C=O) groups excluding carboxylic acids is 1. The molecule has 0 aliphatic heterocycles. The van der Waals surface area contributed by atoms with Gasteiger partial charge in [0, 0.05) is 29.3 Å². The highest BCUT2D eigenvalue weighted by Crippen LogP contribution is 2.26. The van der Waals surface area contributed by atoms with E-state index in [4.69, 9.17) is 9.47 Å². The number of hydrogen-bond donors (Lipinski definition) is 0. The van der Waals surface area contributed by atoms with E-state index in [1.165, 1.54) is 20.3 Å². The maximum Gasteiger partial charge on any atom is 0.337 e. The van der Waals surface area contributed by atoms with Crippen molar-refractivity contribution < 1.29 is 19.2 Å². The van der Waals surface area contributed by atoms with E-state index in [0.29, 0.717) is 17.9 Å². The molecule has 0 bridgehead atoms. The molecular weight excluding hydrogens is 324 g/mol. The van der Waals surface area contributed by atoms with Crippen molar-refractivity contribution in [3.05, 3.63) is 69.9 Å². The van der Waals surface area contributed by atoms with Crippen molar-refractivity contribution >= 4 is 22.6 Å². The minimum Gasteiger partial charge on any atom is -0.496 e. The minimum absolute atomic E-state index is 0.0421. The summed E-state index contributed by atoms with van der Waals surface area (Å²) in [6.45, 7) is 0.454. The highest BCUT2D eigenvalue weighted by Gasteiger charge is 2.13. The van der Waals surface area contributed by atoms with Crippen molar-refractivity contribution in [3.8, 4) is 5.75 Å². The van der Waals surface area contributed by atoms with Crippen LogP contribution >= 0.6 is 0 Å². The number of carbonyl (C=O) groups is 1. The summed E-state index contributed by atoms with van der Waals surface area (Å²) in [5.74, 6) is 0.113. The first-order valence-electron chi connectivity index (χ1n) is 7.52. The first-order valence-corrected chi connectivity index (χ1v) is 7.52. The summed E-state index contributed by atoms with van der Waals surface area (Å²) in [6.07, 6.45) is 1.86. The molecule has 0 aliphatic rings. The highest BCUT2D eigenvalue weighted by atomic mass is 16.6. The highest BCUT2D eigenvalue weighted by molar-refractivity contribution is 5.90. The number of hydrogen-bond acceptors (Lipinski definition) is 5. The maximum absolute atomic E-state index is 11.6. The number of rotatable bonds is 5. The molecule has 128 valence electrons. The molecule has 3 rings (SSSR count). The lowest BCUT2D eigenvalue weighted by Gasteiger charge is -2.12. The average Bonchev–Trinajstić information content (AvgIpc) is 3.03. The number of benzene rings is 2. The fraction of sp³-hybridized carbons (Fsp3) is 0.167. The van der Waals surface area contributed by atoms with E-state index in [-0.39, 0.29) is 5.69 Å². The van der Waals surface area contributed by atoms with Gasteiger partial charge in [0.2, 0.25) is 0 Å².